The zero-order valence-electron chi connectivity index (χ0n) is 17.8. The van der Waals surface area contributed by atoms with Crippen LogP contribution < -0.4 is 20.3 Å². The van der Waals surface area contributed by atoms with Crippen LogP contribution in [-0.4, -0.2) is 52.5 Å². The third kappa shape index (κ3) is 7.73. The normalized spacial score (nSPS) is 14.5. The Morgan fingerprint density at radius 3 is 2.47 bits per heavy atom. The van der Waals surface area contributed by atoms with Crippen LogP contribution >= 0.6 is 24.0 Å². The van der Waals surface area contributed by atoms with Crippen LogP contribution in [0.5, 0.6) is 5.75 Å². The number of nitrogens with zero attached hydrogens (tertiary/aromatic N) is 2. The van der Waals surface area contributed by atoms with Gasteiger partial charge in [-0.05, 0) is 29.8 Å². The number of rotatable bonds is 7. The van der Waals surface area contributed by atoms with Gasteiger partial charge in [0.15, 0.2) is 5.96 Å². The number of benzene rings is 2. The van der Waals surface area contributed by atoms with E-state index in [4.69, 9.17) is 9.47 Å². The molecule has 1 saturated heterocycles. The summed E-state index contributed by atoms with van der Waals surface area (Å²) in [6, 6.07) is 13.8. The van der Waals surface area contributed by atoms with Crippen LogP contribution in [0.2, 0.25) is 0 Å². The lowest BCUT2D eigenvalue weighted by Gasteiger charge is -2.29. The first-order valence-corrected chi connectivity index (χ1v) is 10.1. The molecule has 3 rings (SSSR count). The van der Waals surface area contributed by atoms with E-state index >= 15 is 0 Å². The highest BCUT2D eigenvalue weighted by atomic mass is 127. The first-order chi connectivity index (χ1) is 15.0. The molecule has 176 valence electrons. The molecule has 0 saturated carbocycles. The molecule has 32 heavy (non-hydrogen) atoms. The highest BCUT2D eigenvalue weighted by molar-refractivity contribution is 14.0. The fraction of sp³-hybridized carbons (Fsp3) is 0.409. The van der Waals surface area contributed by atoms with E-state index in [0.717, 1.165) is 5.75 Å². The number of hydrogen-bond donors (Lipinski definition) is 2. The van der Waals surface area contributed by atoms with Crippen LogP contribution in [0.25, 0.3) is 0 Å². The van der Waals surface area contributed by atoms with E-state index in [2.05, 4.69) is 15.6 Å². The molecule has 0 bridgehead atoms. The van der Waals surface area contributed by atoms with Crippen LogP contribution in [0.3, 0.4) is 0 Å². The number of ether oxygens (including phenoxy) is 2. The van der Waals surface area contributed by atoms with E-state index in [1.165, 1.54) is 12.1 Å². The summed E-state index contributed by atoms with van der Waals surface area (Å²) in [5, 5.41) is 5.99. The highest BCUT2D eigenvalue weighted by Gasteiger charge is 2.34. The minimum absolute atomic E-state index is 0. The van der Waals surface area contributed by atoms with Gasteiger partial charge in [-0.1, -0.05) is 24.3 Å². The Morgan fingerprint density at radius 2 is 1.81 bits per heavy atom. The quantitative estimate of drug-likeness (QED) is 0.231. The minimum atomic E-state index is -4.44. The number of guanidine groups is 1. The van der Waals surface area contributed by atoms with Crippen molar-refractivity contribution in [2.24, 2.45) is 4.99 Å². The van der Waals surface area contributed by atoms with Crippen LogP contribution in [0.4, 0.5) is 18.9 Å². The van der Waals surface area contributed by atoms with Gasteiger partial charge in [-0.3, -0.25) is 4.99 Å². The molecule has 0 amide bonds. The van der Waals surface area contributed by atoms with Crippen molar-refractivity contribution in [2.45, 2.75) is 12.7 Å². The summed E-state index contributed by atoms with van der Waals surface area (Å²) in [5.74, 6) is 1.16. The lowest BCUT2D eigenvalue weighted by atomic mass is 10.0. The van der Waals surface area contributed by atoms with Gasteiger partial charge >= 0.3 is 6.18 Å². The van der Waals surface area contributed by atoms with Crippen molar-refractivity contribution in [3.8, 4) is 5.75 Å². The minimum Gasteiger partial charge on any atom is -0.492 e. The summed E-state index contributed by atoms with van der Waals surface area (Å²) in [4.78, 5) is 5.97. The molecule has 1 fully saturated rings. The lowest BCUT2D eigenvalue weighted by molar-refractivity contribution is -0.138. The van der Waals surface area contributed by atoms with Crippen molar-refractivity contribution in [2.75, 3.05) is 51.4 Å². The zero-order chi connectivity index (χ0) is 22.1. The van der Waals surface area contributed by atoms with Crippen molar-refractivity contribution in [3.63, 3.8) is 0 Å². The monoisotopic (exact) mass is 564 g/mol. The van der Waals surface area contributed by atoms with Crippen LogP contribution in [-0.2, 0) is 17.5 Å². The molecule has 1 aliphatic rings. The molecule has 0 spiro atoms. The van der Waals surface area contributed by atoms with Crippen LogP contribution in [0, 0.1) is 0 Å². The smallest absolute Gasteiger partial charge is 0.416 e. The molecule has 0 unspecified atom stereocenters. The van der Waals surface area contributed by atoms with Crippen LogP contribution in [0.1, 0.15) is 11.1 Å². The van der Waals surface area contributed by atoms with Gasteiger partial charge in [-0.2, -0.15) is 13.2 Å². The molecule has 2 aromatic carbocycles. The molecule has 6 nitrogen and oxygen atoms in total. The van der Waals surface area contributed by atoms with Crippen molar-refractivity contribution >= 4 is 35.6 Å². The van der Waals surface area contributed by atoms with E-state index in [1.54, 1.807) is 13.1 Å². The topological polar surface area (TPSA) is 58.1 Å². The molecule has 0 aromatic heterocycles. The van der Waals surface area contributed by atoms with E-state index < -0.39 is 11.7 Å². The molecule has 1 heterocycles. The Kier molecular flexibility index (Phi) is 10.4. The summed E-state index contributed by atoms with van der Waals surface area (Å²) in [6.07, 6.45) is -4.44. The number of nitrogens with one attached hydrogen (secondary N) is 2. The Morgan fingerprint density at radius 1 is 1.09 bits per heavy atom. The summed E-state index contributed by atoms with van der Waals surface area (Å²) >= 11 is 0. The molecule has 2 aromatic rings. The Hall–Kier alpha value is -2.21. The van der Waals surface area contributed by atoms with Gasteiger partial charge in [0.25, 0.3) is 0 Å². The van der Waals surface area contributed by atoms with Crippen molar-refractivity contribution in [1.29, 1.82) is 0 Å². The maximum atomic E-state index is 13.7. The second kappa shape index (κ2) is 12.7. The fourth-order valence-corrected chi connectivity index (χ4v) is 3.26. The maximum absolute atomic E-state index is 13.7. The molecular weight excluding hydrogens is 536 g/mol. The van der Waals surface area contributed by atoms with Gasteiger partial charge < -0.3 is 25.0 Å². The first kappa shape index (κ1) is 26.0. The van der Waals surface area contributed by atoms with E-state index in [-0.39, 0.29) is 36.1 Å². The van der Waals surface area contributed by atoms with E-state index in [1.807, 2.05) is 35.2 Å². The second-order valence-corrected chi connectivity index (χ2v) is 6.95. The highest BCUT2D eigenvalue weighted by Crippen LogP contribution is 2.35. The third-order valence-corrected chi connectivity index (χ3v) is 4.85. The van der Waals surface area contributed by atoms with Crippen molar-refractivity contribution in [1.82, 2.24) is 10.6 Å². The molecule has 1 aliphatic heterocycles. The second-order valence-electron chi connectivity index (χ2n) is 6.95. The molecule has 0 radical (unpaired) electrons. The Labute approximate surface area is 203 Å². The largest absolute Gasteiger partial charge is 0.492 e. The lowest BCUT2D eigenvalue weighted by Crippen LogP contribution is -2.39. The molecule has 10 heteroatoms. The fourth-order valence-electron chi connectivity index (χ4n) is 3.26. The Balaban J connectivity index is 0.00000363. The van der Waals surface area contributed by atoms with Gasteiger partial charge in [-0.25, -0.2) is 0 Å². The average molecular weight is 564 g/mol. The molecular formula is C22H28F3IN4O2. The van der Waals surface area contributed by atoms with Gasteiger partial charge in [0, 0.05) is 32.4 Å². The van der Waals surface area contributed by atoms with E-state index in [0.29, 0.717) is 51.1 Å². The summed E-state index contributed by atoms with van der Waals surface area (Å²) in [6.45, 7) is 3.04. The summed E-state index contributed by atoms with van der Waals surface area (Å²) in [7, 11) is 1.57. The van der Waals surface area contributed by atoms with Gasteiger partial charge in [-0.15, -0.1) is 24.0 Å². The number of morpholine rings is 1. The molecule has 0 aliphatic carbocycles. The number of anilines is 1. The van der Waals surface area contributed by atoms with E-state index in [9.17, 15) is 13.2 Å². The predicted molar refractivity (Wildman–Crippen MR) is 130 cm³/mol. The summed E-state index contributed by atoms with van der Waals surface area (Å²) in [5.41, 5.74) is 0.0693. The number of alkyl halides is 3. The number of hydrogen-bond acceptors (Lipinski definition) is 4. The zero-order valence-corrected chi connectivity index (χ0v) is 20.2. The standard InChI is InChI=1S/C22H27F3N4O2.HI/c1-26-21(27-9-12-31-19-5-3-2-4-6-19)28-16-17-7-8-18(15-20(17)22(23,24)25)29-10-13-30-14-11-29;/h2-8,15H,9-14,16H2,1H3,(H2,26,27,28);1H. The molecule has 2 N–H and O–H groups in total. The average Bonchev–Trinajstić information content (AvgIpc) is 2.79. The predicted octanol–water partition coefficient (Wildman–Crippen LogP) is 3.90. The van der Waals surface area contributed by atoms with Gasteiger partial charge in [0.05, 0.1) is 25.3 Å². The number of aliphatic imine (C=N–C) groups is 1. The maximum Gasteiger partial charge on any atom is 0.416 e. The number of halogens is 4. The third-order valence-electron chi connectivity index (χ3n) is 4.85. The van der Waals surface area contributed by atoms with Gasteiger partial charge in [0.2, 0.25) is 0 Å². The summed E-state index contributed by atoms with van der Waals surface area (Å²) < 4.78 is 51.9. The van der Waals surface area contributed by atoms with Crippen LogP contribution in [0.15, 0.2) is 53.5 Å². The van der Waals surface area contributed by atoms with Crippen molar-refractivity contribution in [3.05, 3.63) is 59.7 Å². The number of para-hydroxylation sites is 1. The van der Waals surface area contributed by atoms with Crippen molar-refractivity contribution < 1.29 is 22.6 Å². The first-order valence-electron chi connectivity index (χ1n) is 10.1. The SMILES string of the molecule is CN=C(NCCOc1ccccc1)NCc1ccc(N2CCOCC2)cc1C(F)(F)F.I. The Bertz CT molecular complexity index is 860. The van der Waals surface area contributed by atoms with Gasteiger partial charge in [0.1, 0.15) is 12.4 Å². The molecule has 0 atom stereocenters.